The minimum Gasteiger partial charge on any atom is -0.378 e. The van der Waals surface area contributed by atoms with Gasteiger partial charge in [-0.2, -0.15) is 0 Å². The molecule has 9 heteroatoms. The number of anilines is 3. The zero-order chi connectivity index (χ0) is 22.5. The molecule has 1 saturated heterocycles. The van der Waals surface area contributed by atoms with Gasteiger partial charge >= 0.3 is 0 Å². The molecule has 3 heterocycles. The van der Waals surface area contributed by atoms with Gasteiger partial charge in [0.05, 0.1) is 18.8 Å². The van der Waals surface area contributed by atoms with Crippen molar-refractivity contribution in [1.82, 2.24) is 9.97 Å². The van der Waals surface area contributed by atoms with Crippen molar-refractivity contribution in [3.05, 3.63) is 76.7 Å². The van der Waals surface area contributed by atoms with Crippen LogP contribution in [0.1, 0.15) is 26.3 Å². The van der Waals surface area contributed by atoms with Crippen LogP contribution < -0.4 is 15.5 Å². The van der Waals surface area contributed by atoms with Crippen LogP contribution in [0.2, 0.25) is 5.15 Å². The zero-order valence-electron chi connectivity index (χ0n) is 17.5. The Hall–Kier alpha value is -3.49. The Bertz CT molecular complexity index is 1130. The normalized spacial score (nSPS) is 13.5. The van der Waals surface area contributed by atoms with E-state index in [0.717, 1.165) is 24.5 Å². The van der Waals surface area contributed by atoms with E-state index in [0.29, 0.717) is 40.9 Å². The standard InChI is InChI=1S/C23H22ClN5O3/c1-15-2-4-18(13-19(15)28-23(31)17-3-5-20(24)26-14-17)27-22(30)16-6-7-25-21(12-16)29-8-10-32-11-9-29/h2-7,12-14H,8-11H2,1H3,(H,27,30)(H,28,31). The second kappa shape index (κ2) is 9.76. The number of aryl methyl sites for hydroxylation is 1. The Morgan fingerprint density at radius 2 is 1.75 bits per heavy atom. The molecule has 0 bridgehead atoms. The van der Waals surface area contributed by atoms with Gasteiger partial charge in [0.15, 0.2) is 0 Å². The van der Waals surface area contributed by atoms with E-state index in [-0.39, 0.29) is 11.8 Å². The van der Waals surface area contributed by atoms with Crippen LogP contribution >= 0.6 is 11.6 Å². The smallest absolute Gasteiger partial charge is 0.257 e. The number of pyridine rings is 2. The number of ether oxygens (including phenoxy) is 1. The SMILES string of the molecule is Cc1ccc(NC(=O)c2ccnc(N3CCOCC3)c2)cc1NC(=O)c1ccc(Cl)nc1. The minimum atomic E-state index is -0.315. The summed E-state index contributed by atoms with van der Waals surface area (Å²) >= 11 is 5.78. The molecular weight excluding hydrogens is 430 g/mol. The summed E-state index contributed by atoms with van der Waals surface area (Å²) < 4.78 is 5.37. The van der Waals surface area contributed by atoms with E-state index < -0.39 is 0 Å². The third kappa shape index (κ3) is 5.22. The Morgan fingerprint density at radius 1 is 0.969 bits per heavy atom. The number of hydrogen-bond donors (Lipinski definition) is 2. The summed E-state index contributed by atoms with van der Waals surface area (Å²) in [6, 6.07) is 11.9. The molecule has 164 valence electrons. The number of hydrogen-bond acceptors (Lipinski definition) is 6. The molecule has 0 saturated carbocycles. The molecule has 0 spiro atoms. The number of nitrogens with one attached hydrogen (secondary N) is 2. The van der Waals surface area contributed by atoms with Crippen molar-refractivity contribution in [3.63, 3.8) is 0 Å². The van der Waals surface area contributed by atoms with Crippen molar-refractivity contribution in [2.75, 3.05) is 41.8 Å². The third-order valence-corrected chi connectivity index (χ3v) is 5.30. The number of aromatic nitrogens is 2. The maximum Gasteiger partial charge on any atom is 0.257 e. The fourth-order valence-corrected chi connectivity index (χ4v) is 3.38. The summed E-state index contributed by atoms with van der Waals surface area (Å²) in [4.78, 5) is 35.7. The maximum absolute atomic E-state index is 12.8. The first-order chi connectivity index (χ1) is 15.5. The van der Waals surface area contributed by atoms with E-state index in [2.05, 4.69) is 25.5 Å². The van der Waals surface area contributed by atoms with E-state index in [4.69, 9.17) is 16.3 Å². The number of amides is 2. The molecule has 3 aromatic rings. The summed E-state index contributed by atoms with van der Waals surface area (Å²) in [7, 11) is 0. The Labute approximate surface area is 190 Å². The lowest BCUT2D eigenvalue weighted by Gasteiger charge is -2.27. The lowest BCUT2D eigenvalue weighted by molar-refractivity contribution is 0.101. The molecule has 4 rings (SSSR count). The van der Waals surface area contributed by atoms with E-state index in [9.17, 15) is 9.59 Å². The number of benzene rings is 1. The number of morpholine rings is 1. The van der Waals surface area contributed by atoms with Crippen LogP contribution in [-0.2, 0) is 4.74 Å². The van der Waals surface area contributed by atoms with Gasteiger partial charge < -0.3 is 20.3 Å². The average Bonchev–Trinajstić information content (AvgIpc) is 2.82. The highest BCUT2D eigenvalue weighted by Crippen LogP contribution is 2.22. The van der Waals surface area contributed by atoms with Crippen LogP contribution in [0.3, 0.4) is 0 Å². The summed E-state index contributed by atoms with van der Waals surface area (Å²) in [5, 5.41) is 6.05. The number of halogens is 1. The summed E-state index contributed by atoms with van der Waals surface area (Å²) in [5.41, 5.74) is 2.90. The molecular formula is C23H22ClN5O3. The predicted octanol–water partition coefficient (Wildman–Crippen LogP) is 3.78. The number of nitrogens with zero attached hydrogens (tertiary/aromatic N) is 3. The van der Waals surface area contributed by atoms with Crippen LogP contribution in [0.15, 0.2) is 54.9 Å². The van der Waals surface area contributed by atoms with E-state index >= 15 is 0 Å². The molecule has 32 heavy (non-hydrogen) atoms. The van der Waals surface area contributed by atoms with Gasteiger partial charge in [-0.15, -0.1) is 0 Å². The predicted molar refractivity (Wildman–Crippen MR) is 124 cm³/mol. The molecule has 1 fully saturated rings. The summed E-state index contributed by atoms with van der Waals surface area (Å²) in [6.07, 6.45) is 3.04. The van der Waals surface area contributed by atoms with Crippen LogP contribution in [0.25, 0.3) is 0 Å². The highest BCUT2D eigenvalue weighted by molar-refractivity contribution is 6.29. The van der Waals surface area contributed by atoms with E-state index in [1.165, 1.54) is 6.20 Å². The largest absolute Gasteiger partial charge is 0.378 e. The lowest BCUT2D eigenvalue weighted by atomic mass is 10.1. The van der Waals surface area contributed by atoms with Crippen molar-refractivity contribution in [3.8, 4) is 0 Å². The van der Waals surface area contributed by atoms with Gasteiger partial charge in [-0.05, 0) is 48.9 Å². The fraction of sp³-hybridized carbons (Fsp3) is 0.217. The van der Waals surface area contributed by atoms with Gasteiger partial charge in [0, 0.05) is 42.4 Å². The first-order valence-corrected chi connectivity index (χ1v) is 10.5. The molecule has 2 N–H and O–H groups in total. The van der Waals surface area contributed by atoms with Crippen molar-refractivity contribution in [2.45, 2.75) is 6.92 Å². The second-order valence-electron chi connectivity index (χ2n) is 7.31. The molecule has 0 unspecified atom stereocenters. The van der Waals surface area contributed by atoms with Crippen molar-refractivity contribution < 1.29 is 14.3 Å². The molecule has 8 nitrogen and oxygen atoms in total. The number of rotatable bonds is 5. The monoisotopic (exact) mass is 451 g/mol. The zero-order valence-corrected chi connectivity index (χ0v) is 18.2. The Morgan fingerprint density at radius 3 is 2.50 bits per heavy atom. The first-order valence-electron chi connectivity index (χ1n) is 10.1. The quantitative estimate of drug-likeness (QED) is 0.573. The Balaban J connectivity index is 1.47. The van der Waals surface area contributed by atoms with Gasteiger partial charge in [-0.25, -0.2) is 9.97 Å². The van der Waals surface area contributed by atoms with E-state index in [1.807, 2.05) is 13.0 Å². The molecule has 1 aliphatic rings. The highest BCUT2D eigenvalue weighted by Gasteiger charge is 2.15. The topological polar surface area (TPSA) is 96.5 Å². The minimum absolute atomic E-state index is 0.259. The van der Waals surface area contributed by atoms with Crippen LogP contribution in [0.4, 0.5) is 17.2 Å². The van der Waals surface area contributed by atoms with E-state index in [1.54, 1.807) is 42.6 Å². The third-order valence-electron chi connectivity index (χ3n) is 5.08. The molecule has 1 aliphatic heterocycles. The van der Waals surface area contributed by atoms with Crippen molar-refractivity contribution in [1.29, 1.82) is 0 Å². The average molecular weight is 452 g/mol. The fourth-order valence-electron chi connectivity index (χ4n) is 3.27. The van der Waals surface area contributed by atoms with Gasteiger partial charge in [0.2, 0.25) is 0 Å². The van der Waals surface area contributed by atoms with Crippen LogP contribution in [0.5, 0.6) is 0 Å². The lowest BCUT2D eigenvalue weighted by Crippen LogP contribution is -2.36. The second-order valence-corrected chi connectivity index (χ2v) is 7.70. The van der Waals surface area contributed by atoms with Gasteiger partial charge in [-0.3, -0.25) is 9.59 Å². The van der Waals surface area contributed by atoms with Gasteiger partial charge in [-0.1, -0.05) is 17.7 Å². The molecule has 0 aliphatic carbocycles. The molecule has 0 atom stereocenters. The van der Waals surface area contributed by atoms with Gasteiger partial charge in [0.1, 0.15) is 11.0 Å². The van der Waals surface area contributed by atoms with Crippen molar-refractivity contribution in [2.24, 2.45) is 0 Å². The summed E-state index contributed by atoms with van der Waals surface area (Å²) in [6.45, 7) is 4.63. The number of carbonyl (C=O) groups excluding carboxylic acids is 2. The maximum atomic E-state index is 12.8. The van der Waals surface area contributed by atoms with Gasteiger partial charge in [0.25, 0.3) is 11.8 Å². The van der Waals surface area contributed by atoms with Crippen molar-refractivity contribution >= 4 is 40.6 Å². The first kappa shape index (κ1) is 21.7. The molecule has 1 aromatic carbocycles. The highest BCUT2D eigenvalue weighted by atomic mass is 35.5. The Kier molecular flexibility index (Phi) is 6.63. The van der Waals surface area contributed by atoms with Crippen LogP contribution in [0, 0.1) is 6.92 Å². The number of carbonyl (C=O) groups is 2. The molecule has 2 amide bonds. The molecule has 2 aromatic heterocycles. The molecule has 0 radical (unpaired) electrons. The summed E-state index contributed by atoms with van der Waals surface area (Å²) in [5.74, 6) is 0.171. The van der Waals surface area contributed by atoms with Crippen LogP contribution in [-0.4, -0.2) is 48.1 Å².